The Hall–Kier alpha value is -2.30. The maximum atomic E-state index is 10.8. The number of hydrogen-bond donors (Lipinski definition) is 2. The SMILES string of the molecule is Oc1c2cc(Br)ccc2cc2cc3c(O)c4cc(Br)ccc4cc3cc12. The number of halogens is 2. The molecule has 0 saturated carbocycles. The first-order valence-corrected chi connectivity index (χ1v) is 9.70. The summed E-state index contributed by atoms with van der Waals surface area (Å²) in [6.45, 7) is 0. The number of hydrogen-bond acceptors (Lipinski definition) is 2. The van der Waals surface area contributed by atoms with Gasteiger partial charge in [0.25, 0.3) is 0 Å². The molecule has 0 spiro atoms. The Morgan fingerprint density at radius 3 is 1.27 bits per heavy atom. The standard InChI is InChI=1S/C22H12Br2O2/c23-15-3-1-11-5-13-7-18-14(8-17(13)21(25)19(11)9-15)6-12-2-4-16(24)10-20(12)22(18)26/h1-10,25-26H. The fraction of sp³-hybridized carbons (Fsp3) is 0. The van der Waals surface area contributed by atoms with Crippen LogP contribution in [0.25, 0.3) is 43.1 Å². The zero-order valence-corrected chi connectivity index (χ0v) is 16.6. The highest BCUT2D eigenvalue weighted by Crippen LogP contribution is 2.41. The van der Waals surface area contributed by atoms with Gasteiger partial charge in [-0.15, -0.1) is 0 Å². The maximum absolute atomic E-state index is 10.8. The van der Waals surface area contributed by atoms with E-state index in [1.165, 1.54) is 0 Å². The van der Waals surface area contributed by atoms with Gasteiger partial charge >= 0.3 is 0 Å². The Morgan fingerprint density at radius 2 is 0.846 bits per heavy atom. The summed E-state index contributed by atoms with van der Waals surface area (Å²) < 4.78 is 1.85. The van der Waals surface area contributed by atoms with Crippen molar-refractivity contribution in [3.05, 3.63) is 69.6 Å². The number of aromatic hydroxyl groups is 2. The predicted octanol–water partition coefficient (Wildman–Crippen LogP) is 7.24. The third kappa shape index (κ3) is 2.29. The minimum atomic E-state index is 0.260. The van der Waals surface area contributed by atoms with Crippen LogP contribution in [0.15, 0.2) is 69.6 Å². The second-order valence-electron chi connectivity index (χ2n) is 6.48. The molecule has 0 heterocycles. The highest BCUT2D eigenvalue weighted by atomic mass is 79.9. The molecule has 0 amide bonds. The van der Waals surface area contributed by atoms with Crippen LogP contribution in [0, 0.1) is 0 Å². The summed E-state index contributed by atoms with van der Waals surface area (Å²) >= 11 is 6.93. The van der Waals surface area contributed by atoms with Gasteiger partial charge in [0.2, 0.25) is 0 Å². The first-order chi connectivity index (χ1) is 12.5. The molecule has 0 atom stereocenters. The Kier molecular flexibility index (Phi) is 3.43. The van der Waals surface area contributed by atoms with Crippen LogP contribution in [0.2, 0.25) is 0 Å². The molecule has 0 bridgehead atoms. The van der Waals surface area contributed by atoms with Crippen molar-refractivity contribution < 1.29 is 10.2 Å². The third-order valence-corrected chi connectivity index (χ3v) is 5.88. The van der Waals surface area contributed by atoms with E-state index in [-0.39, 0.29) is 11.5 Å². The first kappa shape index (κ1) is 15.9. The topological polar surface area (TPSA) is 40.5 Å². The zero-order valence-electron chi connectivity index (χ0n) is 13.4. The number of benzene rings is 5. The van der Waals surface area contributed by atoms with Crippen molar-refractivity contribution in [3.8, 4) is 11.5 Å². The lowest BCUT2D eigenvalue weighted by molar-refractivity contribution is 0.486. The summed E-state index contributed by atoms with van der Waals surface area (Å²) in [7, 11) is 0. The molecule has 2 N–H and O–H groups in total. The lowest BCUT2D eigenvalue weighted by Crippen LogP contribution is -1.83. The van der Waals surface area contributed by atoms with Crippen molar-refractivity contribution in [2.75, 3.05) is 0 Å². The molecule has 26 heavy (non-hydrogen) atoms. The van der Waals surface area contributed by atoms with Crippen LogP contribution in [0.1, 0.15) is 0 Å². The summed E-state index contributed by atoms with van der Waals surface area (Å²) in [6.07, 6.45) is 0. The van der Waals surface area contributed by atoms with Crippen LogP contribution in [-0.2, 0) is 0 Å². The third-order valence-electron chi connectivity index (χ3n) is 4.89. The summed E-state index contributed by atoms with van der Waals surface area (Å²) in [4.78, 5) is 0. The highest BCUT2D eigenvalue weighted by Gasteiger charge is 2.12. The Bertz CT molecular complexity index is 1270. The molecule has 0 saturated heterocycles. The molecule has 0 radical (unpaired) electrons. The summed E-state index contributed by atoms with van der Waals surface area (Å²) in [5.41, 5.74) is 0. The molecule has 5 aromatic carbocycles. The van der Waals surface area contributed by atoms with Gasteiger partial charge in [0.1, 0.15) is 11.5 Å². The predicted molar refractivity (Wildman–Crippen MR) is 115 cm³/mol. The maximum Gasteiger partial charge on any atom is 0.131 e. The average Bonchev–Trinajstić information content (AvgIpc) is 2.63. The van der Waals surface area contributed by atoms with E-state index in [0.717, 1.165) is 52.0 Å². The van der Waals surface area contributed by atoms with Crippen LogP contribution in [0.3, 0.4) is 0 Å². The van der Waals surface area contributed by atoms with Crippen LogP contribution >= 0.6 is 31.9 Å². The molecule has 126 valence electrons. The number of phenolic OH excluding ortho intramolecular Hbond substituents is 2. The van der Waals surface area contributed by atoms with Gasteiger partial charge in [-0.2, -0.15) is 0 Å². The second kappa shape index (κ2) is 5.60. The molecule has 0 aromatic heterocycles. The average molecular weight is 468 g/mol. The molecule has 0 unspecified atom stereocenters. The van der Waals surface area contributed by atoms with E-state index in [2.05, 4.69) is 31.9 Å². The van der Waals surface area contributed by atoms with Crippen molar-refractivity contribution in [1.29, 1.82) is 0 Å². The van der Waals surface area contributed by atoms with E-state index in [0.29, 0.717) is 0 Å². The van der Waals surface area contributed by atoms with E-state index < -0.39 is 0 Å². The van der Waals surface area contributed by atoms with E-state index in [1.54, 1.807) is 0 Å². The lowest BCUT2D eigenvalue weighted by atomic mass is 9.96. The summed E-state index contributed by atoms with van der Waals surface area (Å²) in [5.74, 6) is 0.521. The molecule has 0 fully saturated rings. The largest absolute Gasteiger partial charge is 0.507 e. The second-order valence-corrected chi connectivity index (χ2v) is 8.31. The van der Waals surface area contributed by atoms with Gasteiger partial charge in [0.05, 0.1) is 0 Å². The van der Waals surface area contributed by atoms with Crippen LogP contribution in [-0.4, -0.2) is 10.2 Å². The van der Waals surface area contributed by atoms with E-state index in [9.17, 15) is 10.2 Å². The van der Waals surface area contributed by atoms with Crippen molar-refractivity contribution in [1.82, 2.24) is 0 Å². The summed E-state index contributed by atoms with van der Waals surface area (Å²) in [6, 6.07) is 19.7. The van der Waals surface area contributed by atoms with E-state index in [1.807, 2.05) is 60.7 Å². The van der Waals surface area contributed by atoms with Gasteiger partial charge in [0.15, 0.2) is 0 Å². The van der Waals surface area contributed by atoms with Crippen molar-refractivity contribution in [2.24, 2.45) is 0 Å². The molecule has 2 nitrogen and oxygen atoms in total. The van der Waals surface area contributed by atoms with Gasteiger partial charge in [-0.25, -0.2) is 0 Å². The normalized spacial score (nSPS) is 11.8. The molecular formula is C22H12Br2O2. The van der Waals surface area contributed by atoms with Crippen molar-refractivity contribution >= 4 is 74.9 Å². The van der Waals surface area contributed by atoms with Crippen molar-refractivity contribution in [3.63, 3.8) is 0 Å². The molecule has 5 rings (SSSR count). The lowest BCUT2D eigenvalue weighted by Gasteiger charge is -2.11. The molecule has 0 aliphatic rings. The fourth-order valence-corrected chi connectivity index (χ4v) is 4.35. The number of fused-ring (bicyclic) bond motifs is 4. The van der Waals surface area contributed by atoms with E-state index >= 15 is 0 Å². The Morgan fingerprint density at radius 1 is 0.462 bits per heavy atom. The number of phenols is 2. The fourth-order valence-electron chi connectivity index (χ4n) is 3.63. The van der Waals surface area contributed by atoms with Crippen LogP contribution in [0.5, 0.6) is 11.5 Å². The molecular weight excluding hydrogens is 456 g/mol. The molecule has 5 aromatic rings. The van der Waals surface area contributed by atoms with Crippen LogP contribution in [0.4, 0.5) is 0 Å². The van der Waals surface area contributed by atoms with Gasteiger partial charge in [-0.1, -0.05) is 44.0 Å². The first-order valence-electron chi connectivity index (χ1n) is 8.11. The minimum absolute atomic E-state index is 0.260. The zero-order chi connectivity index (χ0) is 18.0. The minimum Gasteiger partial charge on any atom is -0.507 e. The Labute approximate surface area is 165 Å². The van der Waals surface area contributed by atoms with Gasteiger partial charge in [0, 0.05) is 30.5 Å². The molecule has 4 heteroatoms. The molecule has 0 aliphatic heterocycles. The van der Waals surface area contributed by atoms with Gasteiger partial charge in [-0.3, -0.25) is 0 Å². The highest BCUT2D eigenvalue weighted by molar-refractivity contribution is 9.10. The van der Waals surface area contributed by atoms with Gasteiger partial charge in [-0.05, 0) is 70.1 Å². The monoisotopic (exact) mass is 466 g/mol. The van der Waals surface area contributed by atoms with E-state index in [4.69, 9.17) is 0 Å². The smallest absolute Gasteiger partial charge is 0.131 e. The molecule has 0 aliphatic carbocycles. The van der Waals surface area contributed by atoms with Gasteiger partial charge < -0.3 is 10.2 Å². The van der Waals surface area contributed by atoms with Crippen LogP contribution < -0.4 is 0 Å². The Balaban J connectivity index is 1.96. The van der Waals surface area contributed by atoms with Crippen molar-refractivity contribution in [2.45, 2.75) is 0 Å². The quantitative estimate of drug-likeness (QED) is 0.236. The summed E-state index contributed by atoms with van der Waals surface area (Å²) in [5, 5.41) is 28.5. The number of rotatable bonds is 0.